The maximum absolute atomic E-state index is 12.4. The molecule has 4 rings (SSSR count). The van der Waals surface area contributed by atoms with Crippen molar-refractivity contribution in [2.75, 3.05) is 5.32 Å². The van der Waals surface area contributed by atoms with Crippen LogP contribution in [0.4, 0.5) is 5.69 Å². The summed E-state index contributed by atoms with van der Waals surface area (Å²) in [7, 11) is 1.97. The number of hydrogen-bond donors (Lipinski definition) is 1. The van der Waals surface area contributed by atoms with Crippen molar-refractivity contribution in [3.05, 3.63) is 84.7 Å². The Labute approximate surface area is 162 Å². The Morgan fingerprint density at radius 3 is 2.56 bits per heavy atom. The monoisotopic (exact) mass is 373 g/mol. The molecule has 0 bridgehead atoms. The molecule has 1 amide bonds. The molecule has 1 aromatic heterocycles. The molecule has 0 aliphatic carbocycles. The number of hydrogen-bond acceptors (Lipinski definition) is 3. The van der Waals surface area contributed by atoms with E-state index in [4.69, 9.17) is 0 Å². The van der Waals surface area contributed by atoms with Gasteiger partial charge >= 0.3 is 0 Å². The highest BCUT2D eigenvalue weighted by Crippen LogP contribution is 2.26. The Bertz CT molecular complexity index is 1090. The van der Waals surface area contributed by atoms with E-state index in [0.717, 1.165) is 26.7 Å². The fraction of sp³-hybridized carbons (Fsp3) is 0.0909. The molecule has 0 radical (unpaired) electrons. The number of rotatable bonds is 5. The molecule has 0 unspecified atom stereocenters. The normalized spacial score (nSPS) is 10.9. The first-order chi connectivity index (χ1) is 13.2. The molecule has 5 heteroatoms. The van der Waals surface area contributed by atoms with Crippen molar-refractivity contribution >= 4 is 34.1 Å². The van der Waals surface area contributed by atoms with Gasteiger partial charge < -0.3 is 9.88 Å². The van der Waals surface area contributed by atoms with Crippen molar-refractivity contribution in [3.8, 4) is 0 Å². The maximum atomic E-state index is 12.4. The van der Waals surface area contributed by atoms with E-state index in [1.165, 1.54) is 5.39 Å². The molecule has 0 saturated heterocycles. The van der Waals surface area contributed by atoms with Gasteiger partial charge in [-0.15, -0.1) is 0 Å². The van der Waals surface area contributed by atoms with Gasteiger partial charge in [-0.1, -0.05) is 54.2 Å². The van der Waals surface area contributed by atoms with Crippen LogP contribution in [0, 0.1) is 0 Å². The van der Waals surface area contributed by atoms with Gasteiger partial charge in [-0.3, -0.25) is 4.79 Å². The molecule has 4 aromatic rings. The van der Waals surface area contributed by atoms with Crippen LogP contribution in [-0.2, 0) is 18.3 Å². The molecule has 134 valence electrons. The van der Waals surface area contributed by atoms with Crippen molar-refractivity contribution < 1.29 is 4.79 Å². The SMILES string of the molecule is Cn1ccnc1Sc1ccc(NC(=O)Cc2ccc3ccccc3c2)cc1. The summed E-state index contributed by atoms with van der Waals surface area (Å²) in [5, 5.41) is 6.23. The average molecular weight is 373 g/mol. The van der Waals surface area contributed by atoms with Crippen LogP contribution in [-0.4, -0.2) is 15.5 Å². The highest BCUT2D eigenvalue weighted by atomic mass is 32.2. The van der Waals surface area contributed by atoms with E-state index in [1.807, 2.05) is 60.3 Å². The van der Waals surface area contributed by atoms with E-state index < -0.39 is 0 Å². The number of amides is 1. The van der Waals surface area contributed by atoms with Crippen LogP contribution in [0.3, 0.4) is 0 Å². The largest absolute Gasteiger partial charge is 0.329 e. The average Bonchev–Trinajstić information content (AvgIpc) is 3.08. The molecule has 4 nitrogen and oxygen atoms in total. The maximum Gasteiger partial charge on any atom is 0.228 e. The van der Waals surface area contributed by atoms with Gasteiger partial charge in [-0.2, -0.15) is 0 Å². The molecule has 0 fully saturated rings. The summed E-state index contributed by atoms with van der Waals surface area (Å²) in [6.07, 6.45) is 4.06. The van der Waals surface area contributed by atoms with E-state index in [-0.39, 0.29) is 5.91 Å². The van der Waals surface area contributed by atoms with Crippen molar-refractivity contribution in [1.82, 2.24) is 9.55 Å². The predicted molar refractivity (Wildman–Crippen MR) is 110 cm³/mol. The van der Waals surface area contributed by atoms with Gasteiger partial charge in [-0.25, -0.2) is 4.98 Å². The van der Waals surface area contributed by atoms with Gasteiger partial charge in [-0.05, 0) is 40.6 Å². The number of carbonyl (C=O) groups excluding carboxylic acids is 1. The van der Waals surface area contributed by atoms with Crippen molar-refractivity contribution in [3.63, 3.8) is 0 Å². The Morgan fingerprint density at radius 2 is 1.81 bits per heavy atom. The summed E-state index contributed by atoms with van der Waals surface area (Å²) in [5.74, 6) is -0.0187. The topological polar surface area (TPSA) is 46.9 Å². The molecule has 0 spiro atoms. The zero-order valence-corrected chi connectivity index (χ0v) is 15.7. The van der Waals surface area contributed by atoms with Crippen LogP contribution in [0.15, 0.2) is 89.2 Å². The fourth-order valence-corrected chi connectivity index (χ4v) is 3.70. The number of nitrogens with one attached hydrogen (secondary N) is 1. The second-order valence-corrected chi connectivity index (χ2v) is 7.39. The third-order valence-electron chi connectivity index (χ3n) is 4.30. The summed E-state index contributed by atoms with van der Waals surface area (Å²) in [6, 6.07) is 22.1. The van der Waals surface area contributed by atoms with Gasteiger partial charge in [0, 0.05) is 30.0 Å². The number of nitrogens with zero attached hydrogens (tertiary/aromatic N) is 2. The van der Waals surface area contributed by atoms with E-state index in [0.29, 0.717) is 6.42 Å². The smallest absolute Gasteiger partial charge is 0.228 e. The molecule has 0 aliphatic rings. The van der Waals surface area contributed by atoms with Crippen LogP contribution in [0.2, 0.25) is 0 Å². The molecular formula is C22H19N3OS. The molecule has 0 atom stereocenters. The number of aromatic nitrogens is 2. The lowest BCUT2D eigenvalue weighted by atomic mass is 10.0. The van der Waals surface area contributed by atoms with Gasteiger partial charge in [0.2, 0.25) is 5.91 Å². The van der Waals surface area contributed by atoms with Crippen LogP contribution < -0.4 is 5.32 Å². The summed E-state index contributed by atoms with van der Waals surface area (Å²) >= 11 is 1.59. The summed E-state index contributed by atoms with van der Waals surface area (Å²) in [4.78, 5) is 17.8. The van der Waals surface area contributed by atoms with E-state index in [2.05, 4.69) is 34.6 Å². The quantitative estimate of drug-likeness (QED) is 0.541. The van der Waals surface area contributed by atoms with Crippen molar-refractivity contribution in [2.24, 2.45) is 7.05 Å². The lowest BCUT2D eigenvalue weighted by molar-refractivity contribution is -0.115. The number of benzene rings is 3. The number of imidazole rings is 1. The minimum Gasteiger partial charge on any atom is -0.329 e. The summed E-state index contributed by atoms with van der Waals surface area (Å²) in [6.45, 7) is 0. The lowest BCUT2D eigenvalue weighted by Gasteiger charge is -2.07. The Morgan fingerprint density at radius 1 is 1.04 bits per heavy atom. The minimum absolute atomic E-state index is 0.0187. The third-order valence-corrected chi connectivity index (χ3v) is 5.39. The zero-order chi connectivity index (χ0) is 18.6. The number of fused-ring (bicyclic) bond motifs is 1. The first-order valence-corrected chi connectivity index (χ1v) is 9.52. The highest BCUT2D eigenvalue weighted by Gasteiger charge is 2.06. The minimum atomic E-state index is -0.0187. The number of carbonyl (C=O) groups is 1. The molecule has 27 heavy (non-hydrogen) atoms. The van der Waals surface area contributed by atoms with Crippen molar-refractivity contribution in [1.29, 1.82) is 0 Å². The van der Waals surface area contributed by atoms with Crippen molar-refractivity contribution in [2.45, 2.75) is 16.5 Å². The Balaban J connectivity index is 1.39. The third kappa shape index (κ3) is 4.20. The second-order valence-electron chi connectivity index (χ2n) is 6.35. The van der Waals surface area contributed by atoms with Crippen LogP contribution in [0.1, 0.15) is 5.56 Å². The summed E-state index contributed by atoms with van der Waals surface area (Å²) < 4.78 is 1.98. The van der Waals surface area contributed by atoms with E-state index in [1.54, 1.807) is 18.0 Å². The molecule has 3 aromatic carbocycles. The standard InChI is InChI=1S/C22H19N3OS/c1-25-13-12-23-22(25)27-20-10-8-19(9-11-20)24-21(26)15-16-6-7-17-4-2-3-5-18(17)14-16/h2-14H,15H2,1H3,(H,24,26). The van der Waals surface area contributed by atoms with Crippen LogP contribution >= 0.6 is 11.8 Å². The molecule has 1 heterocycles. The van der Waals surface area contributed by atoms with Crippen LogP contribution in [0.5, 0.6) is 0 Å². The molecule has 0 saturated carbocycles. The van der Waals surface area contributed by atoms with Crippen LogP contribution in [0.25, 0.3) is 10.8 Å². The molecule has 0 aliphatic heterocycles. The van der Waals surface area contributed by atoms with Gasteiger partial charge in [0.05, 0.1) is 6.42 Å². The van der Waals surface area contributed by atoms with Gasteiger partial charge in [0.15, 0.2) is 5.16 Å². The Hall–Kier alpha value is -3.05. The number of aryl methyl sites for hydroxylation is 1. The lowest BCUT2D eigenvalue weighted by Crippen LogP contribution is -2.14. The first-order valence-electron chi connectivity index (χ1n) is 8.70. The molecule has 1 N–H and O–H groups in total. The molecular weight excluding hydrogens is 354 g/mol. The highest BCUT2D eigenvalue weighted by molar-refractivity contribution is 7.99. The second kappa shape index (κ2) is 7.68. The first kappa shape index (κ1) is 17.4. The summed E-state index contributed by atoms with van der Waals surface area (Å²) in [5.41, 5.74) is 1.80. The fourth-order valence-electron chi connectivity index (χ4n) is 2.90. The van der Waals surface area contributed by atoms with Gasteiger partial charge in [0.25, 0.3) is 0 Å². The van der Waals surface area contributed by atoms with E-state index in [9.17, 15) is 4.79 Å². The predicted octanol–water partition coefficient (Wildman–Crippen LogP) is 4.91. The van der Waals surface area contributed by atoms with E-state index >= 15 is 0 Å². The Kier molecular flexibility index (Phi) is 4.94. The number of anilines is 1. The zero-order valence-electron chi connectivity index (χ0n) is 14.9. The van der Waals surface area contributed by atoms with Gasteiger partial charge in [0.1, 0.15) is 0 Å².